The second-order valence-corrected chi connectivity index (χ2v) is 13.6. The summed E-state index contributed by atoms with van der Waals surface area (Å²) in [6, 6.07) is 15.3. The minimum Gasteiger partial charge on any atom is -0.369 e. The van der Waals surface area contributed by atoms with Crippen molar-refractivity contribution in [2.75, 3.05) is 22.7 Å². The van der Waals surface area contributed by atoms with Gasteiger partial charge in [-0.05, 0) is 73.7 Å². The van der Waals surface area contributed by atoms with Gasteiger partial charge in [0.1, 0.15) is 5.82 Å². The highest BCUT2D eigenvalue weighted by atomic mass is 32.2. The number of nitrogens with zero attached hydrogens (tertiary/aromatic N) is 2. The third-order valence-corrected chi connectivity index (χ3v) is 10.3. The molecule has 2 fully saturated rings. The Hall–Kier alpha value is -3.66. The number of carbonyl (C=O) groups excluding carboxylic acids is 1. The van der Waals surface area contributed by atoms with Crippen molar-refractivity contribution in [2.45, 2.75) is 74.8 Å². The summed E-state index contributed by atoms with van der Waals surface area (Å²) >= 11 is 0. The predicted octanol–water partition coefficient (Wildman–Crippen LogP) is 5.25. The first-order valence-electron chi connectivity index (χ1n) is 14.9. The van der Waals surface area contributed by atoms with Crippen molar-refractivity contribution in [1.82, 2.24) is 9.88 Å². The van der Waals surface area contributed by atoms with Crippen molar-refractivity contribution in [3.63, 3.8) is 0 Å². The molecule has 1 amide bonds. The van der Waals surface area contributed by atoms with Gasteiger partial charge in [0.05, 0.1) is 16.3 Å². The minimum absolute atomic E-state index is 0.00283. The van der Waals surface area contributed by atoms with Gasteiger partial charge in [-0.2, -0.15) is 0 Å². The van der Waals surface area contributed by atoms with Crippen LogP contribution in [-0.4, -0.2) is 38.0 Å². The van der Waals surface area contributed by atoms with Gasteiger partial charge >= 0.3 is 0 Å². The SMILES string of the molecule is O=C(NC1CCCCCCC1)c1ccc(N2CC3CC(C2)c2cccc(=O)n2C3)c(NS(=O)(=O)c2ccc(F)cc2)c1. The molecular weight excluding hydrogens is 555 g/mol. The maximum absolute atomic E-state index is 13.5. The lowest BCUT2D eigenvalue weighted by atomic mass is 9.83. The fourth-order valence-electron chi connectivity index (χ4n) is 6.81. The number of benzene rings is 2. The molecule has 2 aromatic carbocycles. The van der Waals surface area contributed by atoms with Crippen LogP contribution in [0.2, 0.25) is 0 Å². The lowest BCUT2D eigenvalue weighted by Crippen LogP contribution is -2.47. The summed E-state index contributed by atoms with van der Waals surface area (Å²) in [5.41, 5.74) is 2.35. The Morgan fingerprint density at radius 1 is 0.881 bits per heavy atom. The standard InChI is InChI=1S/C32H37FN4O4S/c33-25-12-14-27(15-13-25)42(40,41)35-28-18-23(32(39)34-26-7-4-2-1-3-5-8-26)11-16-30(28)36-19-22-17-24(21-36)29-9-6-10-31(38)37(29)20-22/h6,9-16,18,22,24,26,35H,1-5,7-8,17,19-21H2,(H,34,39). The lowest BCUT2D eigenvalue weighted by molar-refractivity contribution is 0.0930. The second-order valence-electron chi connectivity index (χ2n) is 11.9. The van der Waals surface area contributed by atoms with E-state index in [2.05, 4.69) is 14.9 Å². The van der Waals surface area contributed by atoms with E-state index >= 15 is 0 Å². The summed E-state index contributed by atoms with van der Waals surface area (Å²) in [6.07, 6.45) is 8.58. The smallest absolute Gasteiger partial charge is 0.261 e. The van der Waals surface area contributed by atoms with Crippen molar-refractivity contribution in [3.8, 4) is 0 Å². The number of hydrogen-bond acceptors (Lipinski definition) is 5. The van der Waals surface area contributed by atoms with E-state index in [1.807, 2.05) is 16.7 Å². The van der Waals surface area contributed by atoms with E-state index in [-0.39, 0.29) is 34.2 Å². The first-order chi connectivity index (χ1) is 20.3. The summed E-state index contributed by atoms with van der Waals surface area (Å²) < 4.78 is 45.0. The molecule has 3 aromatic rings. The van der Waals surface area contributed by atoms with E-state index in [0.717, 1.165) is 49.9 Å². The van der Waals surface area contributed by atoms with Crippen LogP contribution in [0.25, 0.3) is 0 Å². The van der Waals surface area contributed by atoms with Crippen LogP contribution in [0.5, 0.6) is 0 Å². The number of sulfonamides is 1. The molecular formula is C32H37FN4O4S. The highest BCUT2D eigenvalue weighted by Crippen LogP contribution is 2.40. The van der Waals surface area contributed by atoms with Crippen LogP contribution in [-0.2, 0) is 16.6 Å². The number of nitrogens with one attached hydrogen (secondary N) is 2. The highest BCUT2D eigenvalue weighted by molar-refractivity contribution is 7.92. The van der Waals surface area contributed by atoms with Gasteiger partial charge in [-0.25, -0.2) is 12.8 Å². The Morgan fingerprint density at radius 3 is 2.38 bits per heavy atom. The van der Waals surface area contributed by atoms with Crippen LogP contribution in [0, 0.1) is 11.7 Å². The molecule has 2 N–H and O–H groups in total. The van der Waals surface area contributed by atoms with Crippen molar-refractivity contribution in [1.29, 1.82) is 0 Å². The molecule has 6 rings (SSSR count). The average Bonchev–Trinajstić information content (AvgIpc) is 2.95. The van der Waals surface area contributed by atoms with Crippen LogP contribution in [0.1, 0.15) is 73.3 Å². The molecule has 8 nitrogen and oxygen atoms in total. The van der Waals surface area contributed by atoms with E-state index in [4.69, 9.17) is 0 Å². The molecule has 1 saturated heterocycles. The number of hydrogen-bond donors (Lipinski definition) is 2. The van der Waals surface area contributed by atoms with E-state index < -0.39 is 15.8 Å². The summed E-state index contributed by atoms with van der Waals surface area (Å²) in [7, 11) is -4.06. The number of carbonyl (C=O) groups is 1. The van der Waals surface area contributed by atoms with E-state index in [1.54, 1.807) is 24.3 Å². The number of amides is 1. The fraction of sp³-hybridized carbons (Fsp3) is 0.438. The zero-order valence-electron chi connectivity index (χ0n) is 23.6. The van der Waals surface area contributed by atoms with Gasteiger partial charge in [0.15, 0.2) is 0 Å². The quantitative estimate of drug-likeness (QED) is 0.407. The molecule has 2 bridgehead atoms. The topological polar surface area (TPSA) is 101 Å². The molecule has 10 heteroatoms. The Balaban J connectivity index is 1.32. The van der Waals surface area contributed by atoms with Crippen LogP contribution in [0.4, 0.5) is 15.8 Å². The molecule has 1 aliphatic carbocycles. The van der Waals surface area contributed by atoms with E-state index in [9.17, 15) is 22.4 Å². The average molecular weight is 593 g/mol. The zero-order chi connectivity index (χ0) is 29.3. The molecule has 2 aliphatic heterocycles. The molecule has 3 heterocycles. The largest absolute Gasteiger partial charge is 0.369 e. The Kier molecular flexibility index (Phi) is 8.07. The Labute approximate surface area is 246 Å². The van der Waals surface area contributed by atoms with Gasteiger partial charge in [0.25, 0.3) is 21.5 Å². The van der Waals surface area contributed by atoms with Gasteiger partial charge in [-0.1, -0.05) is 38.2 Å². The summed E-state index contributed by atoms with van der Waals surface area (Å²) in [5, 5.41) is 3.17. The monoisotopic (exact) mass is 592 g/mol. The summed E-state index contributed by atoms with van der Waals surface area (Å²) in [4.78, 5) is 28.0. The second kappa shape index (κ2) is 11.9. The zero-order valence-corrected chi connectivity index (χ0v) is 24.4. The molecule has 222 valence electrons. The number of halogens is 1. The molecule has 0 spiro atoms. The van der Waals surface area contributed by atoms with Gasteiger partial charge in [-0.3, -0.25) is 14.3 Å². The summed E-state index contributed by atoms with van der Waals surface area (Å²) in [6.45, 7) is 1.87. The van der Waals surface area contributed by atoms with Gasteiger partial charge < -0.3 is 14.8 Å². The number of anilines is 2. The maximum Gasteiger partial charge on any atom is 0.261 e. The fourth-order valence-corrected chi connectivity index (χ4v) is 7.88. The number of aromatic nitrogens is 1. The van der Waals surface area contributed by atoms with Crippen LogP contribution in [0.15, 0.2) is 70.4 Å². The van der Waals surface area contributed by atoms with Crippen LogP contribution >= 0.6 is 0 Å². The molecule has 1 saturated carbocycles. The third-order valence-electron chi connectivity index (χ3n) is 8.89. The van der Waals surface area contributed by atoms with E-state index in [0.29, 0.717) is 36.6 Å². The Bertz CT molecular complexity index is 1610. The normalized spacial score (nSPS) is 21.1. The molecule has 3 aliphatic rings. The lowest BCUT2D eigenvalue weighted by Gasteiger charge is -2.44. The number of piperidine rings is 1. The third kappa shape index (κ3) is 6.09. The van der Waals surface area contributed by atoms with Crippen molar-refractivity contribution in [3.05, 3.63) is 88.1 Å². The molecule has 0 radical (unpaired) electrons. The first-order valence-corrected chi connectivity index (χ1v) is 16.4. The van der Waals surface area contributed by atoms with Crippen molar-refractivity contribution < 1.29 is 17.6 Å². The predicted molar refractivity (Wildman–Crippen MR) is 161 cm³/mol. The molecule has 42 heavy (non-hydrogen) atoms. The van der Waals surface area contributed by atoms with Crippen LogP contribution in [0.3, 0.4) is 0 Å². The van der Waals surface area contributed by atoms with Crippen LogP contribution < -0.4 is 20.5 Å². The van der Waals surface area contributed by atoms with Gasteiger partial charge in [0.2, 0.25) is 0 Å². The van der Waals surface area contributed by atoms with E-state index in [1.165, 1.54) is 31.4 Å². The van der Waals surface area contributed by atoms with Crippen molar-refractivity contribution in [2.24, 2.45) is 5.92 Å². The van der Waals surface area contributed by atoms with Gasteiger partial charge in [0, 0.05) is 48.9 Å². The number of pyridine rings is 1. The Morgan fingerprint density at radius 2 is 1.62 bits per heavy atom. The number of rotatable bonds is 6. The molecule has 2 unspecified atom stereocenters. The molecule has 2 atom stereocenters. The van der Waals surface area contributed by atoms with Crippen molar-refractivity contribution >= 4 is 27.3 Å². The molecule has 1 aromatic heterocycles. The summed E-state index contributed by atoms with van der Waals surface area (Å²) in [5.74, 6) is -0.407. The van der Waals surface area contributed by atoms with Gasteiger partial charge in [-0.15, -0.1) is 0 Å². The highest BCUT2D eigenvalue weighted by Gasteiger charge is 2.35. The maximum atomic E-state index is 13.5. The number of fused-ring (bicyclic) bond motifs is 4. The minimum atomic E-state index is -4.06. The first kappa shape index (κ1) is 28.5.